The van der Waals surface area contributed by atoms with E-state index in [0.717, 1.165) is 26.1 Å². The van der Waals surface area contributed by atoms with Crippen LogP contribution in [-0.4, -0.2) is 24.3 Å². The number of hydrogen-bond donors (Lipinski definition) is 1. The molecule has 1 aromatic rings. The molecule has 0 unspecified atom stereocenters. The second-order valence-corrected chi connectivity index (χ2v) is 4.26. The second kappa shape index (κ2) is 4.66. The Balaban J connectivity index is 2.30. The number of aryl methyl sites for hydroxylation is 1. The zero-order valence-corrected chi connectivity index (χ0v) is 9.40. The van der Waals surface area contributed by atoms with Crippen LogP contribution in [0.2, 0.25) is 0 Å². The van der Waals surface area contributed by atoms with Crippen LogP contribution >= 0.6 is 0 Å². The molecule has 1 aromatic carbocycles. The monoisotopic (exact) mass is 220 g/mol. The van der Waals surface area contributed by atoms with Crippen molar-refractivity contribution in [3.05, 3.63) is 34.9 Å². The quantitative estimate of drug-likeness (QED) is 0.833. The zero-order valence-electron chi connectivity index (χ0n) is 9.40. The lowest BCUT2D eigenvalue weighted by atomic mass is 9.87. The minimum absolute atomic E-state index is 0.382. The third kappa shape index (κ3) is 2.25. The van der Waals surface area contributed by atoms with Crippen LogP contribution in [0.25, 0.3) is 0 Å². The Kier molecular flexibility index (Phi) is 3.25. The van der Waals surface area contributed by atoms with E-state index < -0.39 is 5.97 Å². The minimum Gasteiger partial charge on any atom is -0.478 e. The van der Waals surface area contributed by atoms with Gasteiger partial charge >= 0.3 is 5.97 Å². The molecule has 1 aliphatic heterocycles. The van der Waals surface area contributed by atoms with Gasteiger partial charge in [-0.05, 0) is 48.9 Å². The van der Waals surface area contributed by atoms with Gasteiger partial charge in [-0.1, -0.05) is 6.07 Å². The summed E-state index contributed by atoms with van der Waals surface area (Å²) in [7, 11) is 0. The van der Waals surface area contributed by atoms with E-state index in [1.54, 1.807) is 6.07 Å². The maximum Gasteiger partial charge on any atom is 0.335 e. The second-order valence-electron chi connectivity index (χ2n) is 4.26. The molecular formula is C13H16O3. The smallest absolute Gasteiger partial charge is 0.335 e. The summed E-state index contributed by atoms with van der Waals surface area (Å²) in [5, 5.41) is 8.97. The highest BCUT2D eigenvalue weighted by Crippen LogP contribution is 2.29. The van der Waals surface area contributed by atoms with Gasteiger partial charge in [0.25, 0.3) is 0 Å². The average molecular weight is 220 g/mol. The Bertz CT molecular complexity index is 392. The van der Waals surface area contributed by atoms with Crippen LogP contribution in [0.5, 0.6) is 0 Å². The predicted molar refractivity (Wildman–Crippen MR) is 60.9 cm³/mol. The SMILES string of the molecule is Cc1ccc(C(=O)O)cc1C1CCOCC1. The molecule has 0 amide bonds. The molecular weight excluding hydrogens is 204 g/mol. The number of carboxylic acid groups (broad SMARTS) is 1. The molecule has 0 aromatic heterocycles. The first kappa shape index (κ1) is 11.1. The number of aromatic carboxylic acids is 1. The highest BCUT2D eigenvalue weighted by Gasteiger charge is 2.18. The number of benzene rings is 1. The fraction of sp³-hybridized carbons (Fsp3) is 0.462. The van der Waals surface area contributed by atoms with Crippen molar-refractivity contribution < 1.29 is 14.6 Å². The van der Waals surface area contributed by atoms with Crippen molar-refractivity contribution in [1.29, 1.82) is 0 Å². The van der Waals surface area contributed by atoms with Gasteiger partial charge in [0, 0.05) is 13.2 Å². The van der Waals surface area contributed by atoms with Gasteiger partial charge in [0.15, 0.2) is 0 Å². The topological polar surface area (TPSA) is 46.5 Å². The molecule has 1 aliphatic rings. The number of hydrogen-bond acceptors (Lipinski definition) is 2. The predicted octanol–water partition coefficient (Wildman–Crippen LogP) is 2.59. The Hall–Kier alpha value is -1.35. The highest BCUT2D eigenvalue weighted by molar-refractivity contribution is 5.87. The fourth-order valence-electron chi connectivity index (χ4n) is 2.22. The molecule has 0 spiro atoms. The van der Waals surface area contributed by atoms with Crippen molar-refractivity contribution in [2.24, 2.45) is 0 Å². The molecule has 1 saturated heterocycles. The van der Waals surface area contributed by atoms with Crippen molar-refractivity contribution in [2.75, 3.05) is 13.2 Å². The molecule has 1 fully saturated rings. The Morgan fingerprint density at radius 3 is 2.69 bits per heavy atom. The van der Waals surface area contributed by atoms with Crippen molar-refractivity contribution in [1.82, 2.24) is 0 Å². The third-order valence-corrected chi connectivity index (χ3v) is 3.19. The molecule has 0 aliphatic carbocycles. The summed E-state index contributed by atoms with van der Waals surface area (Å²) < 4.78 is 5.32. The van der Waals surface area contributed by atoms with Gasteiger partial charge in [0.2, 0.25) is 0 Å². The van der Waals surface area contributed by atoms with E-state index in [-0.39, 0.29) is 0 Å². The summed E-state index contributed by atoms with van der Waals surface area (Å²) in [5.41, 5.74) is 2.73. The zero-order chi connectivity index (χ0) is 11.5. The highest BCUT2D eigenvalue weighted by atomic mass is 16.5. The lowest BCUT2D eigenvalue weighted by Gasteiger charge is -2.24. The maximum atomic E-state index is 10.9. The molecule has 3 heteroatoms. The van der Waals surface area contributed by atoms with Gasteiger partial charge in [-0.3, -0.25) is 0 Å². The molecule has 16 heavy (non-hydrogen) atoms. The van der Waals surface area contributed by atoms with Crippen LogP contribution in [0, 0.1) is 6.92 Å². The van der Waals surface area contributed by atoms with Crippen molar-refractivity contribution >= 4 is 5.97 Å². The number of rotatable bonds is 2. The summed E-state index contributed by atoms with van der Waals surface area (Å²) in [6.45, 7) is 3.60. The molecule has 86 valence electrons. The molecule has 3 nitrogen and oxygen atoms in total. The summed E-state index contributed by atoms with van der Waals surface area (Å²) in [6, 6.07) is 5.38. The molecule has 2 rings (SSSR count). The van der Waals surface area contributed by atoms with Crippen LogP contribution in [0.1, 0.15) is 40.2 Å². The number of ether oxygens (including phenoxy) is 1. The summed E-state index contributed by atoms with van der Waals surface area (Å²) in [6.07, 6.45) is 1.98. The number of carbonyl (C=O) groups is 1. The summed E-state index contributed by atoms with van der Waals surface area (Å²) in [4.78, 5) is 10.9. The van der Waals surface area contributed by atoms with Gasteiger partial charge in [0.1, 0.15) is 0 Å². The summed E-state index contributed by atoms with van der Waals surface area (Å²) >= 11 is 0. The summed E-state index contributed by atoms with van der Waals surface area (Å²) in [5.74, 6) is -0.402. The van der Waals surface area contributed by atoms with Crippen molar-refractivity contribution in [3.63, 3.8) is 0 Å². The average Bonchev–Trinajstić information content (AvgIpc) is 2.30. The van der Waals surface area contributed by atoms with E-state index in [1.807, 2.05) is 19.1 Å². The fourth-order valence-corrected chi connectivity index (χ4v) is 2.22. The van der Waals surface area contributed by atoms with E-state index >= 15 is 0 Å². The first-order valence-electron chi connectivity index (χ1n) is 5.60. The first-order chi connectivity index (χ1) is 7.68. The van der Waals surface area contributed by atoms with E-state index in [1.165, 1.54) is 11.1 Å². The maximum absolute atomic E-state index is 10.9. The minimum atomic E-state index is -0.853. The van der Waals surface area contributed by atoms with Gasteiger partial charge < -0.3 is 9.84 Å². The molecule has 1 heterocycles. The third-order valence-electron chi connectivity index (χ3n) is 3.19. The lowest BCUT2D eigenvalue weighted by Crippen LogP contribution is -2.15. The lowest BCUT2D eigenvalue weighted by molar-refractivity contribution is 0.0696. The van der Waals surface area contributed by atoms with E-state index in [4.69, 9.17) is 9.84 Å². The van der Waals surface area contributed by atoms with Crippen LogP contribution in [0.15, 0.2) is 18.2 Å². The van der Waals surface area contributed by atoms with Gasteiger partial charge in [-0.2, -0.15) is 0 Å². The molecule has 0 bridgehead atoms. The van der Waals surface area contributed by atoms with Gasteiger partial charge in [0.05, 0.1) is 5.56 Å². The van der Waals surface area contributed by atoms with Crippen LogP contribution in [-0.2, 0) is 4.74 Å². The normalized spacial score (nSPS) is 17.3. The molecule has 0 radical (unpaired) electrons. The largest absolute Gasteiger partial charge is 0.478 e. The first-order valence-corrected chi connectivity index (χ1v) is 5.60. The molecule has 0 saturated carbocycles. The van der Waals surface area contributed by atoms with Crippen molar-refractivity contribution in [3.8, 4) is 0 Å². The Labute approximate surface area is 95.0 Å². The van der Waals surface area contributed by atoms with E-state index in [0.29, 0.717) is 11.5 Å². The van der Waals surface area contributed by atoms with E-state index in [2.05, 4.69) is 0 Å². The van der Waals surface area contributed by atoms with Gasteiger partial charge in [-0.15, -0.1) is 0 Å². The standard InChI is InChI=1S/C13H16O3/c1-9-2-3-11(13(14)15)8-12(9)10-4-6-16-7-5-10/h2-3,8,10H,4-7H2,1H3,(H,14,15). The number of carboxylic acids is 1. The van der Waals surface area contributed by atoms with E-state index in [9.17, 15) is 4.79 Å². The Morgan fingerprint density at radius 1 is 1.38 bits per heavy atom. The van der Waals surface area contributed by atoms with Crippen LogP contribution < -0.4 is 0 Å². The van der Waals surface area contributed by atoms with Crippen LogP contribution in [0.4, 0.5) is 0 Å². The van der Waals surface area contributed by atoms with Crippen molar-refractivity contribution in [2.45, 2.75) is 25.7 Å². The molecule has 0 atom stereocenters. The van der Waals surface area contributed by atoms with Crippen LogP contribution in [0.3, 0.4) is 0 Å². The van der Waals surface area contributed by atoms with Gasteiger partial charge in [-0.25, -0.2) is 4.79 Å². The molecule has 1 N–H and O–H groups in total. The Morgan fingerprint density at radius 2 is 2.06 bits per heavy atom.